The molecule has 170 valence electrons. The second-order valence-electron chi connectivity index (χ2n) is 7.96. The van der Waals surface area contributed by atoms with E-state index < -0.39 is 0 Å². The molecule has 9 nitrogen and oxygen atoms in total. The molecule has 0 atom stereocenters. The van der Waals surface area contributed by atoms with Crippen LogP contribution in [0.5, 0.6) is 11.5 Å². The highest BCUT2D eigenvalue weighted by molar-refractivity contribution is 5.81. The van der Waals surface area contributed by atoms with Gasteiger partial charge in [-0.15, -0.1) is 0 Å². The molecule has 0 unspecified atom stereocenters. The van der Waals surface area contributed by atoms with E-state index >= 15 is 0 Å². The van der Waals surface area contributed by atoms with Crippen molar-refractivity contribution in [3.8, 4) is 11.5 Å². The third kappa shape index (κ3) is 4.76. The molecular weight excluding hydrogens is 412 g/mol. The first-order valence-electron chi connectivity index (χ1n) is 10.8. The van der Waals surface area contributed by atoms with E-state index in [2.05, 4.69) is 14.9 Å². The van der Waals surface area contributed by atoms with Crippen LogP contribution in [-0.2, 0) is 27.3 Å². The van der Waals surface area contributed by atoms with Gasteiger partial charge in [-0.3, -0.25) is 9.59 Å². The molecule has 0 bridgehead atoms. The summed E-state index contributed by atoms with van der Waals surface area (Å²) in [5.41, 5.74) is 2.15. The lowest BCUT2D eigenvalue weighted by atomic mass is 9.97. The molecule has 1 saturated heterocycles. The van der Waals surface area contributed by atoms with E-state index in [1.165, 1.54) is 0 Å². The third-order valence-corrected chi connectivity index (χ3v) is 6.07. The van der Waals surface area contributed by atoms with Gasteiger partial charge in [0.25, 0.3) is 5.91 Å². The third-order valence-electron chi connectivity index (χ3n) is 6.07. The molecule has 0 radical (unpaired) electrons. The number of piperidine rings is 1. The highest BCUT2D eigenvalue weighted by atomic mass is 16.5. The fourth-order valence-electron chi connectivity index (χ4n) is 4.21. The fraction of sp³-hybridized carbons (Fsp3) is 0.478. The summed E-state index contributed by atoms with van der Waals surface area (Å²) in [4.78, 5) is 37.5. The van der Waals surface area contributed by atoms with Crippen molar-refractivity contribution < 1.29 is 23.8 Å². The summed E-state index contributed by atoms with van der Waals surface area (Å²) >= 11 is 0. The molecule has 0 aliphatic carbocycles. The predicted molar refractivity (Wildman–Crippen MR) is 117 cm³/mol. The van der Waals surface area contributed by atoms with Crippen molar-refractivity contribution in [3.63, 3.8) is 0 Å². The summed E-state index contributed by atoms with van der Waals surface area (Å²) in [5.74, 6) is 1.30. The van der Waals surface area contributed by atoms with E-state index in [0.29, 0.717) is 56.5 Å². The van der Waals surface area contributed by atoms with E-state index in [1.54, 1.807) is 37.6 Å². The van der Waals surface area contributed by atoms with Crippen LogP contribution in [-0.4, -0.2) is 67.2 Å². The zero-order chi connectivity index (χ0) is 22.5. The standard InChI is InChI=1S/C23H28N4O5/c1-30-19-12-17-6-11-27(14-18(17)13-20(19)31-2)21(28)15-32-22(29)16-4-9-26(10-5-16)23-24-7-3-8-25-23/h3,7-8,12-13,16H,4-6,9-11,14-15H2,1-2H3. The van der Waals surface area contributed by atoms with Crippen molar-refractivity contribution in [2.45, 2.75) is 25.8 Å². The Kier molecular flexibility index (Phi) is 6.72. The molecule has 0 saturated carbocycles. The van der Waals surface area contributed by atoms with Gasteiger partial charge in [-0.25, -0.2) is 9.97 Å². The minimum atomic E-state index is -0.309. The second-order valence-corrected chi connectivity index (χ2v) is 7.96. The molecule has 9 heteroatoms. The Hall–Kier alpha value is -3.36. The van der Waals surface area contributed by atoms with Crippen LogP contribution in [0.4, 0.5) is 5.95 Å². The van der Waals surface area contributed by atoms with Gasteiger partial charge in [-0.1, -0.05) is 0 Å². The van der Waals surface area contributed by atoms with Crippen LogP contribution in [0.2, 0.25) is 0 Å². The number of ether oxygens (including phenoxy) is 3. The quantitative estimate of drug-likeness (QED) is 0.628. The lowest BCUT2D eigenvalue weighted by molar-refractivity contribution is -0.156. The summed E-state index contributed by atoms with van der Waals surface area (Å²) in [6, 6.07) is 5.64. The number of hydrogen-bond donors (Lipinski definition) is 0. The molecule has 2 aliphatic heterocycles. The van der Waals surface area contributed by atoms with Crippen LogP contribution >= 0.6 is 0 Å². The minimum absolute atomic E-state index is 0.186. The summed E-state index contributed by atoms with van der Waals surface area (Å²) in [5, 5.41) is 0. The number of esters is 1. The van der Waals surface area contributed by atoms with Crippen molar-refractivity contribution in [1.82, 2.24) is 14.9 Å². The topological polar surface area (TPSA) is 94.1 Å². The predicted octanol–water partition coefficient (Wildman–Crippen LogP) is 1.84. The number of carbonyl (C=O) groups excluding carboxylic acids is 2. The van der Waals surface area contributed by atoms with Crippen molar-refractivity contribution in [3.05, 3.63) is 41.7 Å². The number of aromatic nitrogens is 2. The summed E-state index contributed by atoms with van der Waals surface area (Å²) in [7, 11) is 3.20. The van der Waals surface area contributed by atoms with Crippen molar-refractivity contribution in [1.29, 1.82) is 0 Å². The second kappa shape index (κ2) is 9.84. The van der Waals surface area contributed by atoms with Crippen molar-refractivity contribution in [2.75, 3.05) is 45.4 Å². The maximum Gasteiger partial charge on any atom is 0.309 e. The maximum absolute atomic E-state index is 12.7. The van der Waals surface area contributed by atoms with Crippen LogP contribution < -0.4 is 14.4 Å². The van der Waals surface area contributed by atoms with Gasteiger partial charge in [-0.2, -0.15) is 0 Å². The lowest BCUT2D eigenvalue weighted by Crippen LogP contribution is -2.40. The highest BCUT2D eigenvalue weighted by Gasteiger charge is 2.29. The molecule has 4 rings (SSSR count). The number of benzene rings is 1. The number of rotatable bonds is 6. The highest BCUT2D eigenvalue weighted by Crippen LogP contribution is 2.33. The Labute approximate surface area is 187 Å². The Morgan fingerprint density at radius 1 is 1.00 bits per heavy atom. The van der Waals surface area contributed by atoms with Crippen LogP contribution in [0, 0.1) is 5.92 Å². The molecule has 1 aromatic heterocycles. The van der Waals surface area contributed by atoms with Crippen molar-refractivity contribution in [2.24, 2.45) is 5.92 Å². The van der Waals surface area contributed by atoms with Crippen molar-refractivity contribution >= 4 is 17.8 Å². The average Bonchev–Trinajstić information content (AvgIpc) is 2.86. The minimum Gasteiger partial charge on any atom is -0.493 e. The van der Waals surface area contributed by atoms with Gasteiger partial charge < -0.3 is 24.0 Å². The molecule has 3 heterocycles. The molecule has 1 fully saturated rings. The van der Waals surface area contributed by atoms with E-state index in [1.807, 2.05) is 12.1 Å². The zero-order valence-corrected chi connectivity index (χ0v) is 18.5. The number of nitrogens with zero attached hydrogens (tertiary/aromatic N) is 4. The van der Waals surface area contributed by atoms with Crippen LogP contribution in [0.3, 0.4) is 0 Å². The summed E-state index contributed by atoms with van der Waals surface area (Å²) in [6.45, 7) is 2.18. The number of amides is 1. The van der Waals surface area contributed by atoms with Gasteiger partial charge in [-0.05, 0) is 48.6 Å². The molecule has 0 N–H and O–H groups in total. The Balaban J connectivity index is 1.27. The van der Waals surface area contributed by atoms with Gasteiger partial charge >= 0.3 is 5.97 Å². The molecule has 2 aromatic rings. The van der Waals surface area contributed by atoms with Gasteiger partial charge in [0.05, 0.1) is 20.1 Å². The average molecular weight is 441 g/mol. The first kappa shape index (κ1) is 21.9. The Bertz CT molecular complexity index is 960. The Morgan fingerprint density at radius 3 is 2.31 bits per heavy atom. The van der Waals surface area contributed by atoms with Crippen LogP contribution in [0.15, 0.2) is 30.6 Å². The molecule has 1 aromatic carbocycles. The smallest absolute Gasteiger partial charge is 0.309 e. The molecule has 0 spiro atoms. The lowest BCUT2D eigenvalue weighted by Gasteiger charge is -2.31. The summed E-state index contributed by atoms with van der Waals surface area (Å²) < 4.78 is 16.1. The van der Waals surface area contributed by atoms with E-state index in [-0.39, 0.29) is 24.4 Å². The number of methoxy groups -OCH3 is 2. The number of hydrogen-bond acceptors (Lipinski definition) is 8. The monoisotopic (exact) mass is 440 g/mol. The summed E-state index contributed by atoms with van der Waals surface area (Å²) in [6.07, 6.45) is 5.45. The van der Waals surface area contributed by atoms with Gasteiger partial charge in [0.2, 0.25) is 5.95 Å². The first-order valence-corrected chi connectivity index (χ1v) is 10.8. The molecule has 32 heavy (non-hydrogen) atoms. The van der Waals surface area contributed by atoms with Gasteiger partial charge in [0, 0.05) is 38.6 Å². The maximum atomic E-state index is 12.7. The van der Waals surface area contributed by atoms with Gasteiger partial charge in [0.1, 0.15) is 0 Å². The fourth-order valence-corrected chi connectivity index (χ4v) is 4.21. The number of carbonyl (C=O) groups is 2. The van der Waals surface area contributed by atoms with Crippen LogP contribution in [0.25, 0.3) is 0 Å². The van der Waals surface area contributed by atoms with E-state index in [4.69, 9.17) is 14.2 Å². The molecular formula is C23H28N4O5. The zero-order valence-electron chi connectivity index (χ0n) is 18.5. The van der Waals surface area contributed by atoms with Gasteiger partial charge in [0.15, 0.2) is 18.1 Å². The Morgan fingerprint density at radius 2 is 1.66 bits per heavy atom. The largest absolute Gasteiger partial charge is 0.493 e. The van der Waals surface area contributed by atoms with E-state index in [9.17, 15) is 9.59 Å². The van der Waals surface area contributed by atoms with E-state index in [0.717, 1.165) is 17.5 Å². The van der Waals surface area contributed by atoms with Crippen LogP contribution in [0.1, 0.15) is 24.0 Å². The molecule has 2 aliphatic rings. The first-order chi connectivity index (χ1) is 15.6. The normalized spacial score (nSPS) is 16.3. The number of anilines is 1. The SMILES string of the molecule is COc1cc2c(cc1OC)CN(C(=O)COC(=O)C1CCN(c3ncccn3)CC1)CC2. The molecule has 1 amide bonds. The number of fused-ring (bicyclic) bond motifs is 1.